The van der Waals surface area contributed by atoms with E-state index in [1.807, 2.05) is 0 Å². The van der Waals surface area contributed by atoms with Crippen LogP contribution in [0.3, 0.4) is 0 Å². The van der Waals surface area contributed by atoms with Crippen LogP contribution in [0.15, 0.2) is 0 Å². The molecule has 2 aliphatic heterocycles. The van der Waals surface area contributed by atoms with Crippen molar-refractivity contribution in [2.24, 2.45) is 5.92 Å². The van der Waals surface area contributed by atoms with Crippen molar-refractivity contribution in [3.8, 4) is 0 Å². The van der Waals surface area contributed by atoms with Gasteiger partial charge < -0.3 is 9.47 Å². The molecule has 2 heterocycles. The summed E-state index contributed by atoms with van der Waals surface area (Å²) in [5, 5.41) is 0. The van der Waals surface area contributed by atoms with Gasteiger partial charge in [0.05, 0.1) is 5.60 Å². The van der Waals surface area contributed by atoms with Gasteiger partial charge in [0.15, 0.2) is 0 Å². The second kappa shape index (κ2) is 6.68. The lowest BCUT2D eigenvalue weighted by molar-refractivity contribution is -0.278. The molecule has 21 heavy (non-hydrogen) atoms. The van der Waals surface area contributed by atoms with Crippen molar-refractivity contribution < 1.29 is 14.3 Å². The Morgan fingerprint density at radius 2 is 1.90 bits per heavy atom. The van der Waals surface area contributed by atoms with Crippen LogP contribution in [-0.2, 0) is 14.3 Å². The topological polar surface area (TPSA) is 35.5 Å². The molecular formula is C18H32O3. The molecule has 1 saturated carbocycles. The normalized spacial score (nSPS) is 33.9. The average Bonchev–Trinajstić information content (AvgIpc) is 2.39. The van der Waals surface area contributed by atoms with E-state index in [2.05, 4.69) is 27.7 Å². The molecule has 3 fully saturated rings. The molecule has 0 amide bonds. The predicted octanol–water partition coefficient (Wildman–Crippen LogP) is 4.63. The minimum Gasteiger partial charge on any atom is -0.459 e. The molecule has 0 aromatic rings. The van der Waals surface area contributed by atoms with Crippen LogP contribution in [-0.4, -0.2) is 23.3 Å². The fraction of sp³-hybridized carbons (Fsp3) is 0.944. The standard InChI is InChI=1S/C18H32O3/c1-5-6-7-8-9-10-16(19)20-15-13-14-11-12-18(15,4)21-17(14,2)3/h14-15H,5-13H2,1-4H3/t14?,15-,18-/m1/s1. The Bertz CT molecular complexity index is 363. The molecule has 1 aliphatic carbocycles. The summed E-state index contributed by atoms with van der Waals surface area (Å²) in [6.45, 7) is 8.65. The lowest BCUT2D eigenvalue weighted by Gasteiger charge is -2.57. The molecule has 0 N–H and O–H groups in total. The van der Waals surface area contributed by atoms with Crippen LogP contribution in [0.1, 0.15) is 85.5 Å². The molecule has 3 rings (SSSR count). The van der Waals surface area contributed by atoms with Crippen LogP contribution in [0.2, 0.25) is 0 Å². The summed E-state index contributed by atoms with van der Waals surface area (Å²) < 4.78 is 12.0. The molecule has 3 aliphatic rings. The molecule has 3 heteroatoms. The minimum atomic E-state index is -0.282. The van der Waals surface area contributed by atoms with E-state index >= 15 is 0 Å². The number of carbonyl (C=O) groups excluding carboxylic acids is 1. The number of rotatable bonds is 7. The largest absolute Gasteiger partial charge is 0.459 e. The molecule has 0 radical (unpaired) electrons. The van der Waals surface area contributed by atoms with Crippen LogP contribution >= 0.6 is 0 Å². The minimum absolute atomic E-state index is 0.0355. The zero-order chi connectivity index (χ0) is 15.5. The highest BCUT2D eigenvalue weighted by Gasteiger charge is 2.55. The van der Waals surface area contributed by atoms with Crippen LogP contribution in [0.4, 0.5) is 0 Å². The third kappa shape index (κ3) is 4.00. The predicted molar refractivity (Wildman–Crippen MR) is 84.2 cm³/mol. The van der Waals surface area contributed by atoms with Gasteiger partial charge in [-0.2, -0.15) is 0 Å². The van der Waals surface area contributed by atoms with Crippen molar-refractivity contribution in [2.45, 2.75) is 103 Å². The van der Waals surface area contributed by atoms with E-state index in [4.69, 9.17) is 9.47 Å². The molecule has 3 atom stereocenters. The number of hydrogen-bond acceptors (Lipinski definition) is 3. The van der Waals surface area contributed by atoms with Gasteiger partial charge in [-0.25, -0.2) is 0 Å². The van der Waals surface area contributed by atoms with E-state index in [0.717, 1.165) is 25.7 Å². The molecule has 0 spiro atoms. The summed E-state index contributed by atoms with van der Waals surface area (Å²) in [4.78, 5) is 12.0. The summed E-state index contributed by atoms with van der Waals surface area (Å²) in [5.41, 5.74) is -0.355. The number of carbonyl (C=O) groups is 1. The highest BCUT2D eigenvalue weighted by Crippen LogP contribution is 2.50. The Morgan fingerprint density at radius 1 is 1.19 bits per heavy atom. The maximum Gasteiger partial charge on any atom is 0.306 e. The summed E-state index contributed by atoms with van der Waals surface area (Å²) in [7, 11) is 0. The summed E-state index contributed by atoms with van der Waals surface area (Å²) in [5.74, 6) is 0.480. The van der Waals surface area contributed by atoms with Gasteiger partial charge >= 0.3 is 5.97 Å². The zero-order valence-electron chi connectivity index (χ0n) is 14.2. The lowest BCUT2D eigenvalue weighted by atomic mass is 9.67. The monoisotopic (exact) mass is 296 g/mol. The first-order valence-corrected chi connectivity index (χ1v) is 8.77. The van der Waals surface area contributed by atoms with Crippen LogP contribution in [0.25, 0.3) is 0 Å². The summed E-state index contributed by atoms with van der Waals surface area (Å²) in [6.07, 6.45) is 9.49. The molecule has 3 nitrogen and oxygen atoms in total. The third-order valence-electron chi connectivity index (χ3n) is 5.41. The van der Waals surface area contributed by atoms with E-state index in [9.17, 15) is 4.79 Å². The van der Waals surface area contributed by atoms with Crippen molar-refractivity contribution in [1.82, 2.24) is 0 Å². The zero-order valence-corrected chi connectivity index (χ0v) is 14.2. The van der Waals surface area contributed by atoms with Gasteiger partial charge in [-0.3, -0.25) is 4.79 Å². The van der Waals surface area contributed by atoms with Gasteiger partial charge in [0.1, 0.15) is 11.7 Å². The fourth-order valence-corrected chi connectivity index (χ4v) is 3.94. The van der Waals surface area contributed by atoms with Gasteiger partial charge in [-0.1, -0.05) is 32.6 Å². The Kier molecular flexibility index (Phi) is 5.34. The van der Waals surface area contributed by atoms with E-state index in [1.54, 1.807) is 0 Å². The number of fused-ring (bicyclic) bond motifs is 3. The van der Waals surface area contributed by atoms with Crippen LogP contribution < -0.4 is 0 Å². The van der Waals surface area contributed by atoms with E-state index in [-0.39, 0.29) is 23.3 Å². The second-order valence-corrected chi connectivity index (χ2v) is 7.63. The van der Waals surface area contributed by atoms with Gasteiger partial charge in [0.2, 0.25) is 0 Å². The summed E-state index contributed by atoms with van der Waals surface area (Å²) >= 11 is 0. The van der Waals surface area contributed by atoms with Gasteiger partial charge in [0, 0.05) is 6.42 Å². The Labute approximate surface area is 129 Å². The molecule has 122 valence electrons. The number of hydrogen-bond donors (Lipinski definition) is 0. The van der Waals surface area contributed by atoms with Crippen molar-refractivity contribution in [1.29, 1.82) is 0 Å². The van der Waals surface area contributed by atoms with Gasteiger partial charge in [0.25, 0.3) is 0 Å². The van der Waals surface area contributed by atoms with Crippen molar-refractivity contribution in [3.63, 3.8) is 0 Å². The SMILES string of the molecule is CCCCCCCC(=O)O[C@@H]1CC2CC[C@@]1(C)OC2(C)C. The molecule has 1 unspecified atom stereocenters. The van der Waals surface area contributed by atoms with E-state index < -0.39 is 0 Å². The van der Waals surface area contributed by atoms with Crippen molar-refractivity contribution in [2.75, 3.05) is 0 Å². The van der Waals surface area contributed by atoms with Crippen molar-refractivity contribution in [3.05, 3.63) is 0 Å². The van der Waals surface area contributed by atoms with Crippen LogP contribution in [0.5, 0.6) is 0 Å². The molecular weight excluding hydrogens is 264 g/mol. The first-order chi connectivity index (χ1) is 9.87. The van der Waals surface area contributed by atoms with Crippen LogP contribution in [0, 0.1) is 5.92 Å². The lowest BCUT2D eigenvalue weighted by Crippen LogP contribution is -2.62. The summed E-state index contributed by atoms with van der Waals surface area (Å²) in [6, 6.07) is 0. The fourth-order valence-electron chi connectivity index (χ4n) is 3.94. The van der Waals surface area contributed by atoms with E-state index in [1.165, 1.54) is 25.7 Å². The highest BCUT2D eigenvalue weighted by atomic mass is 16.6. The molecule has 0 aromatic carbocycles. The Hall–Kier alpha value is -0.570. The highest BCUT2D eigenvalue weighted by molar-refractivity contribution is 5.69. The third-order valence-corrected chi connectivity index (χ3v) is 5.41. The smallest absolute Gasteiger partial charge is 0.306 e. The Balaban J connectivity index is 1.77. The molecule has 2 saturated heterocycles. The first kappa shape index (κ1) is 16.8. The maximum atomic E-state index is 12.0. The number of unbranched alkanes of at least 4 members (excludes halogenated alkanes) is 4. The van der Waals surface area contributed by atoms with Gasteiger partial charge in [-0.05, 0) is 52.4 Å². The van der Waals surface area contributed by atoms with E-state index in [0.29, 0.717) is 12.3 Å². The average molecular weight is 296 g/mol. The number of ether oxygens (including phenoxy) is 2. The maximum absolute atomic E-state index is 12.0. The Morgan fingerprint density at radius 3 is 2.52 bits per heavy atom. The van der Waals surface area contributed by atoms with Crippen molar-refractivity contribution >= 4 is 5.97 Å². The first-order valence-electron chi connectivity index (χ1n) is 8.77. The second-order valence-electron chi connectivity index (χ2n) is 7.63. The quantitative estimate of drug-likeness (QED) is 0.507. The van der Waals surface area contributed by atoms with Gasteiger partial charge in [-0.15, -0.1) is 0 Å². The molecule has 2 bridgehead atoms. The molecule has 0 aromatic heterocycles. The number of esters is 1.